The van der Waals surface area contributed by atoms with Crippen molar-refractivity contribution >= 4 is 35.0 Å². The molecule has 4 N–H and O–H groups in total. The first-order valence-electron chi connectivity index (χ1n) is 13.9. The van der Waals surface area contributed by atoms with Crippen LogP contribution in [0, 0.1) is 20.2 Å². The van der Waals surface area contributed by atoms with E-state index in [-0.39, 0.29) is 48.4 Å². The number of carbonyl (C=O) groups is 4. The van der Waals surface area contributed by atoms with Crippen molar-refractivity contribution in [1.82, 2.24) is 21.3 Å². The summed E-state index contributed by atoms with van der Waals surface area (Å²) in [5.74, 6) is -2.46. The summed E-state index contributed by atoms with van der Waals surface area (Å²) < 4.78 is 0. The van der Waals surface area contributed by atoms with E-state index in [1.807, 2.05) is 0 Å². The zero-order chi connectivity index (χ0) is 32.8. The standard InChI is InChI=1S/C32H26N6O8/c39-29-23-9-25(13-27(11-23)37(43)44)31(41)35-17-21-5-7-22(8-6-21)18-36-32(42)26-10-24(12-28(14-26)38(45)46)30(40)34-16-20-2-1-19(3-4-20)15-33-29/h1-14H,15-18H2,(H,33,39)(H,34,40)(H,35,41)(H,36,42). The molecule has 4 aromatic rings. The molecule has 0 radical (unpaired) electrons. The van der Waals surface area contributed by atoms with Gasteiger partial charge in [-0.05, 0) is 34.4 Å². The van der Waals surface area contributed by atoms with E-state index >= 15 is 0 Å². The number of nitrogens with zero attached hydrogens (tertiary/aromatic N) is 2. The van der Waals surface area contributed by atoms with Gasteiger partial charge in [-0.15, -0.1) is 0 Å². The van der Waals surface area contributed by atoms with E-state index in [4.69, 9.17) is 0 Å². The SMILES string of the molecule is O=C1NCc2ccc(cc2)CNC(=O)c2cc(cc([N+](=O)[O-])c2)C(=O)NCc2ccc(cc2)CNC(=O)c2cc1cc([N+](=O)[O-])c2. The Balaban J connectivity index is 1.43. The van der Waals surface area contributed by atoms with Crippen molar-refractivity contribution in [3.8, 4) is 0 Å². The number of non-ortho nitro benzene ring substituents is 2. The van der Waals surface area contributed by atoms with E-state index in [1.54, 1.807) is 48.5 Å². The molecule has 8 bridgehead atoms. The van der Waals surface area contributed by atoms with Gasteiger partial charge in [0.1, 0.15) is 0 Å². The topological polar surface area (TPSA) is 203 Å². The van der Waals surface area contributed by atoms with Crippen LogP contribution >= 0.6 is 0 Å². The molecule has 4 aliphatic heterocycles. The van der Waals surface area contributed by atoms with Crippen molar-refractivity contribution in [2.75, 3.05) is 0 Å². The summed E-state index contributed by atoms with van der Waals surface area (Å²) in [4.78, 5) is 73.4. The molecule has 4 heterocycles. The summed E-state index contributed by atoms with van der Waals surface area (Å²) in [6.45, 7) is 0.294. The highest BCUT2D eigenvalue weighted by molar-refractivity contribution is 6.01. The Morgan fingerprint density at radius 3 is 0.826 bits per heavy atom. The third-order valence-electron chi connectivity index (χ3n) is 7.16. The summed E-state index contributed by atoms with van der Waals surface area (Å²) >= 11 is 0. The molecule has 232 valence electrons. The fourth-order valence-electron chi connectivity index (χ4n) is 4.65. The first-order valence-corrected chi connectivity index (χ1v) is 13.9. The lowest BCUT2D eigenvalue weighted by Crippen LogP contribution is -2.26. The molecule has 4 amide bonds. The largest absolute Gasteiger partial charge is 0.348 e. The van der Waals surface area contributed by atoms with Gasteiger partial charge in [0.25, 0.3) is 35.0 Å². The highest BCUT2D eigenvalue weighted by Crippen LogP contribution is 2.20. The zero-order valence-electron chi connectivity index (χ0n) is 24.1. The average Bonchev–Trinajstić information content (AvgIpc) is 3.07. The van der Waals surface area contributed by atoms with Gasteiger partial charge < -0.3 is 21.3 Å². The molecule has 0 aliphatic carbocycles. The molecule has 0 aromatic heterocycles. The fraction of sp³-hybridized carbons (Fsp3) is 0.125. The smallest absolute Gasteiger partial charge is 0.271 e. The van der Waals surface area contributed by atoms with E-state index in [9.17, 15) is 39.4 Å². The van der Waals surface area contributed by atoms with Gasteiger partial charge in [-0.25, -0.2) is 0 Å². The van der Waals surface area contributed by atoms with Crippen molar-refractivity contribution in [3.63, 3.8) is 0 Å². The van der Waals surface area contributed by atoms with Crippen molar-refractivity contribution < 1.29 is 29.0 Å². The highest BCUT2D eigenvalue weighted by Gasteiger charge is 2.20. The summed E-state index contributed by atoms with van der Waals surface area (Å²) in [5.41, 5.74) is 1.69. The van der Waals surface area contributed by atoms with Crippen molar-refractivity contribution in [2.45, 2.75) is 26.2 Å². The van der Waals surface area contributed by atoms with Crippen molar-refractivity contribution in [2.24, 2.45) is 0 Å². The Hall–Kier alpha value is -6.44. The summed E-state index contributed by atoms with van der Waals surface area (Å²) in [7, 11) is 0. The van der Waals surface area contributed by atoms with Crippen molar-refractivity contribution in [3.05, 3.63) is 150 Å². The Labute approximate surface area is 261 Å². The normalized spacial score (nSPS) is 14.1. The van der Waals surface area contributed by atoms with Crippen LogP contribution in [0.4, 0.5) is 11.4 Å². The predicted molar refractivity (Wildman–Crippen MR) is 164 cm³/mol. The van der Waals surface area contributed by atoms with Crippen LogP contribution in [-0.2, 0) is 26.2 Å². The minimum Gasteiger partial charge on any atom is -0.348 e. The van der Waals surface area contributed by atoms with Gasteiger partial charge in [-0.1, -0.05) is 48.5 Å². The maximum Gasteiger partial charge on any atom is 0.271 e. The Morgan fingerprint density at radius 1 is 0.413 bits per heavy atom. The number of amides is 4. The summed E-state index contributed by atoms with van der Waals surface area (Å²) in [6.07, 6.45) is 0. The average molecular weight is 623 g/mol. The molecule has 0 spiro atoms. The summed E-state index contributed by atoms with van der Waals surface area (Å²) in [5, 5.41) is 33.8. The number of hydrogen-bond acceptors (Lipinski definition) is 8. The second kappa shape index (κ2) is 13.5. The zero-order valence-corrected chi connectivity index (χ0v) is 24.1. The van der Waals surface area contributed by atoms with Gasteiger partial charge in [-0.2, -0.15) is 0 Å². The third kappa shape index (κ3) is 7.55. The van der Waals surface area contributed by atoms with Crippen LogP contribution in [0.15, 0.2) is 84.9 Å². The lowest BCUT2D eigenvalue weighted by atomic mass is 10.1. The number of nitro groups is 2. The lowest BCUT2D eigenvalue weighted by Gasteiger charge is -2.11. The third-order valence-corrected chi connectivity index (χ3v) is 7.16. The molecule has 46 heavy (non-hydrogen) atoms. The van der Waals surface area contributed by atoms with E-state index in [0.717, 1.165) is 24.3 Å². The van der Waals surface area contributed by atoms with E-state index < -0.39 is 44.9 Å². The number of rotatable bonds is 2. The van der Waals surface area contributed by atoms with Crippen LogP contribution in [0.3, 0.4) is 0 Å². The van der Waals surface area contributed by atoms with Crippen LogP contribution in [0.5, 0.6) is 0 Å². The number of nitrogens with one attached hydrogen (secondary N) is 4. The fourth-order valence-corrected chi connectivity index (χ4v) is 4.65. The molecule has 0 saturated heterocycles. The quantitative estimate of drug-likeness (QED) is 0.192. The highest BCUT2D eigenvalue weighted by atomic mass is 16.6. The molecule has 0 unspecified atom stereocenters. The molecular weight excluding hydrogens is 596 g/mol. The predicted octanol–water partition coefficient (Wildman–Crippen LogP) is 3.54. The molecule has 4 aliphatic rings. The van der Waals surface area contributed by atoms with Crippen LogP contribution in [0.2, 0.25) is 0 Å². The molecule has 0 saturated carbocycles. The second-order valence-corrected chi connectivity index (χ2v) is 10.4. The Kier molecular flexibility index (Phi) is 9.07. The van der Waals surface area contributed by atoms with Gasteiger partial charge in [0.2, 0.25) is 0 Å². The summed E-state index contributed by atoms with van der Waals surface area (Å²) in [6, 6.07) is 20.6. The number of benzene rings is 4. The molecule has 0 atom stereocenters. The Bertz CT molecular complexity index is 1620. The number of carbonyl (C=O) groups excluding carboxylic acids is 4. The molecule has 8 rings (SSSR count). The van der Waals surface area contributed by atoms with Gasteiger partial charge >= 0.3 is 0 Å². The van der Waals surface area contributed by atoms with Crippen LogP contribution in [0.25, 0.3) is 0 Å². The lowest BCUT2D eigenvalue weighted by molar-refractivity contribution is -0.385. The number of hydrogen-bond donors (Lipinski definition) is 4. The van der Waals surface area contributed by atoms with Crippen LogP contribution < -0.4 is 21.3 Å². The van der Waals surface area contributed by atoms with Gasteiger partial charge in [-0.3, -0.25) is 39.4 Å². The van der Waals surface area contributed by atoms with Gasteiger partial charge in [0, 0.05) is 72.7 Å². The second-order valence-electron chi connectivity index (χ2n) is 10.4. The van der Waals surface area contributed by atoms with E-state index in [0.29, 0.717) is 22.3 Å². The minimum absolute atomic E-state index is 0.0594. The van der Waals surface area contributed by atoms with Crippen LogP contribution in [0.1, 0.15) is 63.7 Å². The minimum atomic E-state index is -0.681. The van der Waals surface area contributed by atoms with Crippen molar-refractivity contribution in [1.29, 1.82) is 0 Å². The molecule has 0 fully saturated rings. The van der Waals surface area contributed by atoms with Gasteiger partial charge in [0.05, 0.1) is 9.85 Å². The molecule has 4 aromatic carbocycles. The first kappa shape index (κ1) is 31.0. The van der Waals surface area contributed by atoms with Gasteiger partial charge in [0.15, 0.2) is 0 Å². The van der Waals surface area contributed by atoms with Crippen LogP contribution in [-0.4, -0.2) is 33.5 Å². The number of nitro benzene ring substituents is 2. The van der Waals surface area contributed by atoms with E-state index in [2.05, 4.69) is 21.3 Å². The molecule has 14 nitrogen and oxygen atoms in total. The molecular formula is C32H26N6O8. The van der Waals surface area contributed by atoms with E-state index in [1.165, 1.54) is 12.1 Å². The first-order chi connectivity index (χ1) is 22.0. The maximum atomic E-state index is 12.9. The Morgan fingerprint density at radius 2 is 0.630 bits per heavy atom. The maximum absolute atomic E-state index is 12.9. The monoisotopic (exact) mass is 622 g/mol. The molecule has 14 heteroatoms.